The lowest BCUT2D eigenvalue weighted by molar-refractivity contribution is 0.664. The highest BCUT2D eigenvalue weighted by atomic mass is 15.0. The van der Waals surface area contributed by atoms with Gasteiger partial charge in [0.1, 0.15) is 0 Å². The van der Waals surface area contributed by atoms with Gasteiger partial charge in [-0.2, -0.15) is 0 Å². The van der Waals surface area contributed by atoms with Gasteiger partial charge in [0.25, 0.3) is 0 Å². The first kappa shape index (κ1) is 12.9. The van der Waals surface area contributed by atoms with Gasteiger partial charge in [-0.25, -0.2) is 0 Å². The van der Waals surface area contributed by atoms with Gasteiger partial charge in [0.05, 0.1) is 0 Å². The van der Waals surface area contributed by atoms with Gasteiger partial charge >= 0.3 is 0 Å². The van der Waals surface area contributed by atoms with Crippen LogP contribution in [0.15, 0.2) is 48.5 Å². The number of anilines is 1. The highest BCUT2D eigenvalue weighted by Gasteiger charge is 2.37. The Labute approximate surface area is 126 Å². The zero-order chi connectivity index (χ0) is 14.1. The van der Waals surface area contributed by atoms with Gasteiger partial charge in [0, 0.05) is 30.7 Å². The zero-order valence-corrected chi connectivity index (χ0v) is 12.3. The minimum atomic E-state index is 0.653. The first-order valence-corrected chi connectivity index (χ1v) is 8.05. The van der Waals surface area contributed by atoms with Crippen molar-refractivity contribution in [2.45, 2.75) is 37.8 Å². The average molecular weight is 278 g/mol. The van der Waals surface area contributed by atoms with E-state index in [1.54, 1.807) is 0 Å². The van der Waals surface area contributed by atoms with Crippen molar-refractivity contribution >= 4 is 5.69 Å². The molecule has 2 N–H and O–H groups in total. The summed E-state index contributed by atoms with van der Waals surface area (Å²) < 4.78 is 0. The van der Waals surface area contributed by atoms with Crippen LogP contribution in [0.1, 0.15) is 35.4 Å². The van der Waals surface area contributed by atoms with Crippen molar-refractivity contribution < 1.29 is 0 Å². The third kappa shape index (κ3) is 2.68. The van der Waals surface area contributed by atoms with Gasteiger partial charge in [-0.15, -0.1) is 0 Å². The molecule has 4 rings (SSSR count). The number of hydrogen-bond donors (Lipinski definition) is 2. The summed E-state index contributed by atoms with van der Waals surface area (Å²) in [5.74, 6) is 0.712. The molecule has 0 saturated heterocycles. The van der Waals surface area contributed by atoms with Gasteiger partial charge in [0.2, 0.25) is 0 Å². The van der Waals surface area contributed by atoms with E-state index >= 15 is 0 Å². The largest absolute Gasteiger partial charge is 0.385 e. The molecule has 1 aliphatic carbocycles. The second-order valence-corrected chi connectivity index (χ2v) is 6.21. The smallest absolute Gasteiger partial charge is 0.0375 e. The monoisotopic (exact) mass is 278 g/mol. The molecular weight excluding hydrogens is 256 g/mol. The summed E-state index contributed by atoms with van der Waals surface area (Å²) in [6.07, 6.45) is 3.74. The fourth-order valence-electron chi connectivity index (χ4n) is 3.48. The summed E-state index contributed by atoms with van der Waals surface area (Å²) in [5.41, 5.74) is 5.81. The van der Waals surface area contributed by atoms with E-state index in [-0.39, 0.29) is 0 Å². The number of nitrogens with one attached hydrogen (secondary N) is 2. The first-order valence-electron chi connectivity index (χ1n) is 8.05. The normalized spacial score (nSPS) is 23.2. The van der Waals surface area contributed by atoms with E-state index in [9.17, 15) is 0 Å². The summed E-state index contributed by atoms with van der Waals surface area (Å²) in [7, 11) is 0. The summed E-state index contributed by atoms with van der Waals surface area (Å²) in [6, 6.07) is 18.2. The molecule has 0 bridgehead atoms. The van der Waals surface area contributed by atoms with Crippen LogP contribution in [0.4, 0.5) is 5.69 Å². The molecule has 1 aliphatic heterocycles. The molecule has 108 valence electrons. The molecule has 0 aromatic heterocycles. The van der Waals surface area contributed by atoms with Gasteiger partial charge < -0.3 is 10.6 Å². The first-order chi connectivity index (χ1) is 10.4. The predicted octanol–water partition coefficient (Wildman–Crippen LogP) is 3.69. The van der Waals surface area contributed by atoms with Crippen molar-refractivity contribution in [1.29, 1.82) is 0 Å². The molecule has 2 heteroatoms. The molecule has 2 aliphatic rings. The summed E-state index contributed by atoms with van der Waals surface area (Å²) in [5, 5.41) is 7.26. The van der Waals surface area contributed by atoms with E-state index in [0.29, 0.717) is 12.0 Å². The van der Waals surface area contributed by atoms with Crippen LogP contribution in [0.25, 0.3) is 0 Å². The Morgan fingerprint density at radius 2 is 1.95 bits per heavy atom. The molecule has 0 spiro atoms. The molecule has 2 unspecified atom stereocenters. The number of hydrogen-bond acceptors (Lipinski definition) is 2. The molecule has 1 heterocycles. The van der Waals surface area contributed by atoms with Crippen LogP contribution in [-0.4, -0.2) is 12.6 Å². The molecule has 2 atom stereocenters. The van der Waals surface area contributed by atoms with Crippen LogP contribution in [0.3, 0.4) is 0 Å². The molecule has 21 heavy (non-hydrogen) atoms. The third-order valence-corrected chi connectivity index (χ3v) is 4.76. The summed E-state index contributed by atoms with van der Waals surface area (Å²) in [6.45, 7) is 2.11. The second-order valence-electron chi connectivity index (χ2n) is 6.21. The lowest BCUT2D eigenvalue weighted by Crippen LogP contribution is -2.20. The van der Waals surface area contributed by atoms with Crippen LogP contribution < -0.4 is 10.6 Å². The van der Waals surface area contributed by atoms with Gasteiger partial charge in [0.15, 0.2) is 0 Å². The van der Waals surface area contributed by atoms with Crippen LogP contribution in [0.5, 0.6) is 0 Å². The maximum Gasteiger partial charge on any atom is 0.0375 e. The fourth-order valence-corrected chi connectivity index (χ4v) is 3.48. The van der Waals surface area contributed by atoms with E-state index < -0.39 is 0 Å². The molecule has 1 fully saturated rings. The minimum Gasteiger partial charge on any atom is -0.385 e. The highest BCUT2D eigenvalue weighted by molar-refractivity contribution is 5.56. The molecular formula is C19H22N2. The number of fused-ring (bicyclic) bond motifs is 1. The SMILES string of the molecule is c1ccc(C2CC2NCc2cccc3c2CCCN3)cc1. The van der Waals surface area contributed by atoms with E-state index in [4.69, 9.17) is 0 Å². The van der Waals surface area contributed by atoms with Gasteiger partial charge in [-0.1, -0.05) is 42.5 Å². The van der Waals surface area contributed by atoms with Crippen LogP contribution in [-0.2, 0) is 13.0 Å². The Hall–Kier alpha value is -1.80. The van der Waals surface area contributed by atoms with Gasteiger partial charge in [-0.05, 0) is 42.0 Å². The zero-order valence-electron chi connectivity index (χ0n) is 12.3. The third-order valence-electron chi connectivity index (χ3n) is 4.76. The lowest BCUT2D eigenvalue weighted by atomic mass is 9.97. The van der Waals surface area contributed by atoms with Crippen LogP contribution in [0.2, 0.25) is 0 Å². The second kappa shape index (κ2) is 5.53. The van der Waals surface area contributed by atoms with E-state index in [2.05, 4.69) is 59.2 Å². The Morgan fingerprint density at radius 1 is 1.05 bits per heavy atom. The Kier molecular flexibility index (Phi) is 3.40. The quantitative estimate of drug-likeness (QED) is 0.891. The lowest BCUT2D eigenvalue weighted by Gasteiger charge is -2.21. The van der Waals surface area contributed by atoms with E-state index in [1.165, 1.54) is 41.6 Å². The standard InChI is InChI=1S/C19H22N2/c1-2-6-14(7-3-1)17-12-19(17)21-13-15-8-4-10-18-16(15)9-5-11-20-18/h1-4,6-8,10,17,19-21H,5,9,11-13H2. The van der Waals surface area contributed by atoms with Crippen LogP contribution in [0, 0.1) is 0 Å². The number of rotatable bonds is 4. The van der Waals surface area contributed by atoms with Crippen molar-refractivity contribution in [3.63, 3.8) is 0 Å². The Balaban J connectivity index is 1.40. The van der Waals surface area contributed by atoms with Crippen molar-refractivity contribution in [3.8, 4) is 0 Å². The van der Waals surface area contributed by atoms with Crippen molar-refractivity contribution in [2.75, 3.05) is 11.9 Å². The maximum atomic E-state index is 3.74. The fraction of sp³-hybridized carbons (Fsp3) is 0.368. The Bertz CT molecular complexity index is 621. The average Bonchev–Trinajstić information content (AvgIpc) is 3.33. The molecule has 2 aromatic rings. The van der Waals surface area contributed by atoms with Crippen LogP contribution >= 0.6 is 0 Å². The van der Waals surface area contributed by atoms with Gasteiger partial charge in [-0.3, -0.25) is 0 Å². The minimum absolute atomic E-state index is 0.653. The topological polar surface area (TPSA) is 24.1 Å². The maximum absolute atomic E-state index is 3.74. The van der Waals surface area contributed by atoms with Crippen molar-refractivity contribution in [3.05, 3.63) is 65.2 Å². The molecule has 0 radical (unpaired) electrons. The van der Waals surface area contributed by atoms with Crippen molar-refractivity contribution in [2.24, 2.45) is 0 Å². The Morgan fingerprint density at radius 3 is 2.86 bits per heavy atom. The predicted molar refractivity (Wildman–Crippen MR) is 87.7 cm³/mol. The summed E-state index contributed by atoms with van der Waals surface area (Å²) >= 11 is 0. The molecule has 2 nitrogen and oxygen atoms in total. The van der Waals surface area contributed by atoms with Crippen molar-refractivity contribution in [1.82, 2.24) is 5.32 Å². The molecule has 0 amide bonds. The highest BCUT2D eigenvalue weighted by Crippen LogP contribution is 2.40. The molecule has 2 aromatic carbocycles. The summed E-state index contributed by atoms with van der Waals surface area (Å²) in [4.78, 5) is 0. The number of benzene rings is 2. The van der Waals surface area contributed by atoms with E-state index in [1.807, 2.05) is 0 Å². The van der Waals surface area contributed by atoms with E-state index in [0.717, 1.165) is 13.1 Å². The molecule has 1 saturated carbocycles.